The van der Waals surface area contributed by atoms with Crippen LogP contribution in [0.5, 0.6) is 0 Å². The average Bonchev–Trinajstić information content (AvgIpc) is 2.80. The normalized spacial score (nSPS) is 11.9. The molecule has 7 heteroatoms. The summed E-state index contributed by atoms with van der Waals surface area (Å²) in [6.45, 7) is 5.69. The summed E-state index contributed by atoms with van der Waals surface area (Å²) in [6.07, 6.45) is 3.01. The Kier molecular flexibility index (Phi) is 3.46. The third-order valence-corrected chi connectivity index (χ3v) is 2.31. The zero-order chi connectivity index (χ0) is 13.9. The predicted molar refractivity (Wildman–Crippen MR) is 71.3 cm³/mol. The number of aromatic nitrogens is 3. The monoisotopic (exact) mass is 261 g/mol. The van der Waals surface area contributed by atoms with Gasteiger partial charge in [-0.2, -0.15) is 5.10 Å². The maximum Gasteiger partial charge on any atom is 0.274 e. The van der Waals surface area contributed by atoms with Gasteiger partial charge in [0.1, 0.15) is 11.5 Å². The largest absolute Gasteiger partial charge is 0.463 e. The summed E-state index contributed by atoms with van der Waals surface area (Å²) >= 11 is 0. The van der Waals surface area contributed by atoms with Crippen LogP contribution < -0.4 is 11.0 Å². The Balaban J connectivity index is 2.11. The molecule has 0 bridgehead atoms. The minimum absolute atomic E-state index is 0.181. The Hall–Kier alpha value is -2.44. The van der Waals surface area contributed by atoms with Gasteiger partial charge in [-0.25, -0.2) is 5.43 Å². The molecule has 0 aliphatic rings. The van der Waals surface area contributed by atoms with Crippen LogP contribution in [-0.2, 0) is 5.41 Å². The molecule has 0 atom stereocenters. The second-order valence-electron chi connectivity index (χ2n) is 4.99. The van der Waals surface area contributed by atoms with Crippen LogP contribution in [-0.4, -0.2) is 21.4 Å². The molecule has 0 radical (unpaired) electrons. The number of rotatable bonds is 3. The van der Waals surface area contributed by atoms with Gasteiger partial charge in [0.15, 0.2) is 0 Å². The zero-order valence-electron chi connectivity index (χ0n) is 11.0. The molecule has 2 N–H and O–H groups in total. The highest BCUT2D eigenvalue weighted by atomic mass is 16.3. The van der Waals surface area contributed by atoms with E-state index in [1.165, 1.54) is 6.21 Å². The lowest BCUT2D eigenvalue weighted by molar-refractivity contribution is 0.547. The predicted octanol–water partition coefficient (Wildman–Crippen LogP) is 1.50. The first-order valence-corrected chi connectivity index (χ1v) is 5.77. The van der Waals surface area contributed by atoms with E-state index in [1.54, 1.807) is 18.4 Å². The lowest BCUT2D eigenvalue weighted by Gasteiger charge is -2.15. The van der Waals surface area contributed by atoms with Gasteiger partial charge in [0.2, 0.25) is 5.95 Å². The lowest BCUT2D eigenvalue weighted by atomic mass is 9.93. The van der Waals surface area contributed by atoms with Crippen LogP contribution in [0.2, 0.25) is 0 Å². The Bertz CT molecular complexity index is 622. The minimum Gasteiger partial charge on any atom is -0.463 e. The van der Waals surface area contributed by atoms with E-state index in [0.717, 1.165) is 0 Å². The molecule has 7 nitrogen and oxygen atoms in total. The SMILES string of the molecule is CC(C)(C)c1nnc(N/N=C\c2ccco2)[nH]c1=O. The van der Waals surface area contributed by atoms with Gasteiger partial charge in [-0.1, -0.05) is 20.8 Å². The second kappa shape index (κ2) is 5.05. The topological polar surface area (TPSA) is 96.2 Å². The minimum atomic E-state index is -0.351. The number of hydrazone groups is 1. The Morgan fingerprint density at radius 2 is 2.21 bits per heavy atom. The van der Waals surface area contributed by atoms with E-state index in [1.807, 2.05) is 20.8 Å². The van der Waals surface area contributed by atoms with Crippen molar-refractivity contribution in [3.8, 4) is 0 Å². The van der Waals surface area contributed by atoms with Crippen LogP contribution in [0.4, 0.5) is 5.95 Å². The van der Waals surface area contributed by atoms with Gasteiger partial charge in [0.05, 0.1) is 12.5 Å². The number of nitrogens with zero attached hydrogens (tertiary/aromatic N) is 3. The first kappa shape index (κ1) is 13.0. The Morgan fingerprint density at radius 3 is 2.79 bits per heavy atom. The highest BCUT2D eigenvalue weighted by Crippen LogP contribution is 2.15. The van der Waals surface area contributed by atoms with Crippen molar-refractivity contribution in [2.45, 2.75) is 26.2 Å². The van der Waals surface area contributed by atoms with Gasteiger partial charge in [-0.05, 0) is 12.1 Å². The fourth-order valence-electron chi connectivity index (χ4n) is 1.40. The number of nitrogens with one attached hydrogen (secondary N) is 2. The van der Waals surface area contributed by atoms with E-state index in [9.17, 15) is 4.79 Å². The standard InChI is InChI=1S/C12H15N5O2/c1-12(2,3)9-10(18)14-11(17-15-9)16-13-7-8-5-4-6-19-8/h4-7H,1-3H3,(H2,14,16,17,18)/b13-7-. The molecule has 2 rings (SSSR count). The molecule has 2 aromatic heterocycles. The smallest absolute Gasteiger partial charge is 0.274 e. The molecule has 0 spiro atoms. The van der Waals surface area contributed by atoms with Gasteiger partial charge in [0.25, 0.3) is 5.56 Å². The summed E-state index contributed by atoms with van der Waals surface area (Å²) in [5.74, 6) is 0.773. The van der Waals surface area contributed by atoms with Crippen LogP contribution in [0.15, 0.2) is 32.7 Å². The molecule has 19 heavy (non-hydrogen) atoms. The lowest BCUT2D eigenvalue weighted by Crippen LogP contribution is -2.28. The molecule has 0 aliphatic carbocycles. The summed E-state index contributed by atoms with van der Waals surface area (Å²) in [6, 6.07) is 3.50. The van der Waals surface area contributed by atoms with Crippen LogP contribution in [0.1, 0.15) is 32.2 Å². The summed E-state index contributed by atoms with van der Waals surface area (Å²) in [5, 5.41) is 11.7. The van der Waals surface area contributed by atoms with Gasteiger partial charge < -0.3 is 4.42 Å². The average molecular weight is 261 g/mol. The quantitative estimate of drug-likeness (QED) is 0.644. The number of furan rings is 1. The molecule has 0 saturated heterocycles. The summed E-state index contributed by atoms with van der Waals surface area (Å²) in [4.78, 5) is 14.4. The van der Waals surface area contributed by atoms with E-state index in [0.29, 0.717) is 11.5 Å². The van der Waals surface area contributed by atoms with Gasteiger partial charge >= 0.3 is 0 Å². The number of anilines is 1. The molecular weight excluding hydrogens is 246 g/mol. The van der Waals surface area contributed by atoms with E-state index < -0.39 is 0 Å². The summed E-state index contributed by atoms with van der Waals surface area (Å²) in [5.41, 5.74) is 2.34. The number of hydrogen-bond donors (Lipinski definition) is 2. The highest BCUT2D eigenvalue weighted by Gasteiger charge is 2.20. The first-order chi connectivity index (χ1) is 8.97. The highest BCUT2D eigenvalue weighted by molar-refractivity contribution is 5.76. The van der Waals surface area contributed by atoms with Crippen molar-refractivity contribution in [1.29, 1.82) is 0 Å². The Labute approximate surface area is 109 Å². The fourth-order valence-corrected chi connectivity index (χ4v) is 1.40. The molecule has 0 aliphatic heterocycles. The van der Waals surface area contributed by atoms with E-state index >= 15 is 0 Å². The van der Waals surface area contributed by atoms with Gasteiger partial charge in [-0.3, -0.25) is 9.78 Å². The molecule has 0 fully saturated rings. The zero-order valence-corrected chi connectivity index (χ0v) is 11.0. The summed E-state index contributed by atoms with van der Waals surface area (Å²) < 4.78 is 5.06. The molecule has 2 aromatic rings. The number of aromatic amines is 1. The maximum absolute atomic E-state index is 11.8. The van der Waals surface area contributed by atoms with Crippen molar-refractivity contribution in [2.75, 3.05) is 5.43 Å². The maximum atomic E-state index is 11.8. The molecular formula is C12H15N5O2. The van der Waals surface area contributed by atoms with Crippen molar-refractivity contribution in [3.63, 3.8) is 0 Å². The van der Waals surface area contributed by atoms with Crippen molar-refractivity contribution in [3.05, 3.63) is 40.2 Å². The fraction of sp³-hybridized carbons (Fsp3) is 0.333. The van der Waals surface area contributed by atoms with E-state index in [2.05, 4.69) is 25.7 Å². The van der Waals surface area contributed by atoms with Crippen molar-refractivity contribution in [2.24, 2.45) is 5.10 Å². The van der Waals surface area contributed by atoms with Crippen molar-refractivity contribution in [1.82, 2.24) is 15.2 Å². The molecule has 0 amide bonds. The Morgan fingerprint density at radius 1 is 1.42 bits per heavy atom. The summed E-state index contributed by atoms with van der Waals surface area (Å²) in [7, 11) is 0. The molecule has 0 saturated carbocycles. The van der Waals surface area contributed by atoms with Gasteiger partial charge in [0, 0.05) is 5.41 Å². The van der Waals surface area contributed by atoms with Gasteiger partial charge in [-0.15, -0.1) is 10.2 Å². The van der Waals surface area contributed by atoms with Crippen LogP contribution >= 0.6 is 0 Å². The second-order valence-corrected chi connectivity index (χ2v) is 4.99. The van der Waals surface area contributed by atoms with Crippen molar-refractivity contribution < 1.29 is 4.42 Å². The number of H-pyrrole nitrogens is 1. The molecule has 2 heterocycles. The third-order valence-electron chi connectivity index (χ3n) is 2.31. The van der Waals surface area contributed by atoms with Crippen LogP contribution in [0.25, 0.3) is 0 Å². The first-order valence-electron chi connectivity index (χ1n) is 5.77. The van der Waals surface area contributed by atoms with Crippen LogP contribution in [0.3, 0.4) is 0 Å². The molecule has 100 valence electrons. The number of hydrogen-bond acceptors (Lipinski definition) is 6. The third kappa shape index (κ3) is 3.27. The van der Waals surface area contributed by atoms with Crippen molar-refractivity contribution >= 4 is 12.2 Å². The van der Waals surface area contributed by atoms with Crippen LogP contribution in [0, 0.1) is 0 Å². The van der Waals surface area contributed by atoms with E-state index in [-0.39, 0.29) is 16.9 Å². The van der Waals surface area contributed by atoms with E-state index in [4.69, 9.17) is 4.42 Å². The molecule has 0 aromatic carbocycles. The molecule has 0 unspecified atom stereocenters.